The lowest BCUT2D eigenvalue weighted by molar-refractivity contribution is 0.101. The van der Waals surface area contributed by atoms with Gasteiger partial charge in [-0.1, -0.05) is 20.3 Å². The molecule has 1 heterocycles. The molecule has 2 aromatic rings. The number of benzene rings is 1. The lowest BCUT2D eigenvalue weighted by Crippen LogP contribution is -2.01. The third-order valence-electron chi connectivity index (χ3n) is 2.46. The number of aliphatic hydroxyl groups is 1. The van der Waals surface area contributed by atoms with E-state index in [1.807, 2.05) is 0 Å². The van der Waals surface area contributed by atoms with Crippen molar-refractivity contribution in [2.45, 2.75) is 33.8 Å². The first-order valence-corrected chi connectivity index (χ1v) is 7.42. The number of nitrogen functional groups attached to an aromatic ring is 1. The Labute approximate surface area is 127 Å². The quantitative estimate of drug-likeness (QED) is 0.670. The summed E-state index contributed by atoms with van der Waals surface area (Å²) < 4.78 is 13.7. The molecule has 0 aliphatic carbocycles. The van der Waals surface area contributed by atoms with E-state index in [2.05, 4.69) is 18.8 Å². The van der Waals surface area contributed by atoms with Gasteiger partial charge in [0.2, 0.25) is 0 Å². The van der Waals surface area contributed by atoms with E-state index in [1.54, 1.807) is 0 Å². The molecule has 0 radical (unpaired) electrons. The molecule has 3 N–H and O–H groups in total. The number of aromatic nitrogens is 1. The number of Topliss-reactive ketones (excluding diaryl/α,β-unsaturated/α-hetero) is 1. The fourth-order valence-corrected chi connectivity index (χ4v) is 2.36. The number of aliphatic hydroxyl groups excluding tert-OH is 1. The van der Waals surface area contributed by atoms with Crippen LogP contribution < -0.4 is 5.73 Å². The summed E-state index contributed by atoms with van der Waals surface area (Å²) in [6.07, 6.45) is 2.76. The monoisotopic (exact) mass is 310 g/mol. The van der Waals surface area contributed by atoms with E-state index < -0.39 is 5.82 Å². The summed E-state index contributed by atoms with van der Waals surface area (Å²) in [5.74, 6) is -0.992. The topological polar surface area (TPSA) is 76.2 Å². The van der Waals surface area contributed by atoms with Crippen LogP contribution in [-0.2, 0) is 6.61 Å². The first kappa shape index (κ1) is 17.3. The van der Waals surface area contributed by atoms with Crippen molar-refractivity contribution in [1.29, 1.82) is 0 Å². The molecule has 0 amide bonds. The number of thiazole rings is 1. The third kappa shape index (κ3) is 4.34. The number of halogens is 1. The number of carbonyl (C=O) groups excluding carboxylic acids is 1. The minimum atomic E-state index is -0.618. The maximum atomic E-state index is 13.7. The normalized spacial score (nSPS) is 9.95. The van der Waals surface area contributed by atoms with Crippen LogP contribution in [0.5, 0.6) is 0 Å². The van der Waals surface area contributed by atoms with Crippen LogP contribution in [0.15, 0.2) is 18.3 Å². The predicted molar refractivity (Wildman–Crippen MR) is 83.8 cm³/mol. The average Bonchev–Trinajstić information content (AvgIpc) is 2.90. The molecular weight excluding hydrogens is 291 g/mol. The van der Waals surface area contributed by atoms with Gasteiger partial charge in [-0.15, -0.1) is 11.3 Å². The summed E-state index contributed by atoms with van der Waals surface area (Å²) in [5, 5.41) is 9.48. The first-order valence-electron chi connectivity index (χ1n) is 6.60. The highest BCUT2D eigenvalue weighted by atomic mass is 32.1. The maximum absolute atomic E-state index is 13.7. The summed E-state index contributed by atoms with van der Waals surface area (Å²) in [6.45, 7) is 5.41. The van der Waals surface area contributed by atoms with Crippen LogP contribution in [0.4, 0.5) is 10.1 Å². The number of ketones is 1. The van der Waals surface area contributed by atoms with E-state index in [1.165, 1.54) is 43.0 Å². The SMILES string of the molecule is CC(=O)c1cc(N)c(-c2ncc(CO)s2)cc1F.CCC. The predicted octanol–water partition coefficient (Wildman–Crippen LogP) is 3.64. The molecule has 1 aromatic heterocycles. The molecule has 0 atom stereocenters. The second-order valence-electron chi connectivity index (χ2n) is 4.47. The maximum Gasteiger partial charge on any atom is 0.162 e. The van der Waals surface area contributed by atoms with Gasteiger partial charge < -0.3 is 10.8 Å². The minimum Gasteiger partial charge on any atom is -0.398 e. The summed E-state index contributed by atoms with van der Waals surface area (Å²) in [4.78, 5) is 15.9. The second kappa shape index (κ2) is 7.85. The molecule has 2 rings (SSSR count). The molecule has 0 unspecified atom stereocenters. The molecule has 0 saturated heterocycles. The summed E-state index contributed by atoms with van der Waals surface area (Å²) >= 11 is 1.23. The smallest absolute Gasteiger partial charge is 0.162 e. The molecule has 114 valence electrons. The van der Waals surface area contributed by atoms with Crippen LogP contribution in [0.1, 0.15) is 42.4 Å². The van der Waals surface area contributed by atoms with Gasteiger partial charge in [0.05, 0.1) is 17.0 Å². The molecular formula is C15H19FN2O2S. The van der Waals surface area contributed by atoms with Crippen molar-refractivity contribution in [2.75, 3.05) is 5.73 Å². The van der Waals surface area contributed by atoms with Gasteiger partial charge in [0.25, 0.3) is 0 Å². The molecule has 0 spiro atoms. The summed E-state index contributed by atoms with van der Waals surface area (Å²) in [6, 6.07) is 2.51. The highest BCUT2D eigenvalue weighted by Crippen LogP contribution is 2.31. The number of nitrogens with zero attached hydrogens (tertiary/aromatic N) is 1. The summed E-state index contributed by atoms with van der Waals surface area (Å²) in [7, 11) is 0. The van der Waals surface area contributed by atoms with Gasteiger partial charge in [0.1, 0.15) is 10.8 Å². The second-order valence-corrected chi connectivity index (χ2v) is 5.59. The lowest BCUT2D eigenvalue weighted by atomic mass is 10.1. The van der Waals surface area contributed by atoms with E-state index in [0.29, 0.717) is 21.1 Å². The average molecular weight is 310 g/mol. The molecule has 0 fully saturated rings. The number of carbonyl (C=O) groups is 1. The van der Waals surface area contributed by atoms with Gasteiger partial charge in [-0.05, 0) is 19.1 Å². The number of rotatable bonds is 3. The van der Waals surface area contributed by atoms with E-state index in [4.69, 9.17) is 10.8 Å². The Balaban J connectivity index is 0.000000677. The zero-order chi connectivity index (χ0) is 16.0. The van der Waals surface area contributed by atoms with Crippen molar-refractivity contribution in [3.05, 3.63) is 34.6 Å². The minimum absolute atomic E-state index is 0.0322. The third-order valence-corrected chi connectivity index (χ3v) is 3.47. The summed E-state index contributed by atoms with van der Waals surface area (Å²) in [5.41, 5.74) is 6.49. The Hall–Kier alpha value is -1.79. The largest absolute Gasteiger partial charge is 0.398 e. The number of hydrogen-bond acceptors (Lipinski definition) is 5. The Bertz CT molecular complexity index is 626. The lowest BCUT2D eigenvalue weighted by Gasteiger charge is -2.05. The highest BCUT2D eigenvalue weighted by molar-refractivity contribution is 7.15. The standard InChI is InChI=1S/C12H11FN2O2S.C3H8/c1-6(17)8-3-11(14)9(2-10(8)13)12-15-4-7(5-16)18-12;1-3-2/h2-4,16H,5,14H2,1H3;3H2,1-2H3. The van der Waals surface area contributed by atoms with Gasteiger partial charge in [0, 0.05) is 17.4 Å². The van der Waals surface area contributed by atoms with Crippen molar-refractivity contribution in [1.82, 2.24) is 4.98 Å². The van der Waals surface area contributed by atoms with Crippen LogP contribution in [0.3, 0.4) is 0 Å². The molecule has 4 nitrogen and oxygen atoms in total. The highest BCUT2D eigenvalue weighted by Gasteiger charge is 2.14. The number of nitrogens with two attached hydrogens (primary N) is 1. The van der Waals surface area contributed by atoms with Gasteiger partial charge in [-0.3, -0.25) is 4.79 Å². The number of hydrogen-bond donors (Lipinski definition) is 2. The number of anilines is 1. The van der Waals surface area contributed by atoms with Crippen molar-refractivity contribution in [3.63, 3.8) is 0 Å². The molecule has 0 saturated carbocycles. The molecule has 0 aliphatic heterocycles. The zero-order valence-electron chi connectivity index (χ0n) is 12.3. The fraction of sp³-hybridized carbons (Fsp3) is 0.333. The Morgan fingerprint density at radius 1 is 1.43 bits per heavy atom. The van der Waals surface area contributed by atoms with E-state index in [0.717, 1.165) is 0 Å². The van der Waals surface area contributed by atoms with Crippen LogP contribution in [0.2, 0.25) is 0 Å². The van der Waals surface area contributed by atoms with Gasteiger partial charge in [0.15, 0.2) is 5.78 Å². The molecule has 0 bridgehead atoms. The van der Waals surface area contributed by atoms with E-state index in [9.17, 15) is 9.18 Å². The molecule has 6 heteroatoms. The van der Waals surface area contributed by atoms with Crippen molar-refractivity contribution >= 4 is 22.8 Å². The van der Waals surface area contributed by atoms with Crippen molar-refractivity contribution in [3.8, 4) is 10.6 Å². The van der Waals surface area contributed by atoms with E-state index >= 15 is 0 Å². The fourth-order valence-electron chi connectivity index (χ4n) is 1.55. The Morgan fingerprint density at radius 3 is 2.52 bits per heavy atom. The van der Waals surface area contributed by atoms with Gasteiger partial charge >= 0.3 is 0 Å². The Morgan fingerprint density at radius 2 is 2.05 bits per heavy atom. The van der Waals surface area contributed by atoms with Gasteiger partial charge in [-0.2, -0.15) is 0 Å². The van der Waals surface area contributed by atoms with Crippen molar-refractivity contribution < 1.29 is 14.3 Å². The first-order chi connectivity index (χ1) is 9.94. The van der Waals surface area contributed by atoms with Crippen molar-refractivity contribution in [2.24, 2.45) is 0 Å². The van der Waals surface area contributed by atoms with Crippen LogP contribution in [0, 0.1) is 5.82 Å². The molecule has 21 heavy (non-hydrogen) atoms. The molecule has 1 aromatic carbocycles. The zero-order valence-corrected chi connectivity index (χ0v) is 13.1. The van der Waals surface area contributed by atoms with Crippen LogP contribution in [0.25, 0.3) is 10.6 Å². The Kier molecular flexibility index (Phi) is 6.45. The van der Waals surface area contributed by atoms with E-state index in [-0.39, 0.29) is 18.0 Å². The van der Waals surface area contributed by atoms with Crippen LogP contribution >= 0.6 is 11.3 Å². The molecule has 0 aliphatic rings. The van der Waals surface area contributed by atoms with Crippen LogP contribution in [-0.4, -0.2) is 15.9 Å². The van der Waals surface area contributed by atoms with Gasteiger partial charge in [-0.25, -0.2) is 9.37 Å².